The van der Waals surface area contributed by atoms with Crippen LogP contribution in [0.2, 0.25) is 0 Å². The summed E-state index contributed by atoms with van der Waals surface area (Å²) in [6.45, 7) is 1.12. The number of H-pyrrole nitrogens is 1. The second-order valence-electron chi connectivity index (χ2n) is 4.79. The van der Waals surface area contributed by atoms with Crippen LogP contribution in [0.3, 0.4) is 0 Å². The topological polar surface area (TPSA) is 62.2 Å². The third-order valence-corrected chi connectivity index (χ3v) is 3.55. The number of hydrogen-bond acceptors (Lipinski definition) is 3. The minimum atomic E-state index is -0.332. The maximum atomic E-state index is 13.8. The molecule has 2 aromatic heterocycles. The summed E-state index contributed by atoms with van der Waals surface area (Å²) in [6, 6.07) is 8.13. The average Bonchev–Trinajstić information content (AvgIpc) is 3.06. The predicted molar refractivity (Wildman–Crippen MR) is 71.8 cm³/mol. The van der Waals surface area contributed by atoms with E-state index in [4.69, 9.17) is 0 Å². The number of fused-ring (bicyclic) bond motifs is 2. The quantitative estimate of drug-likeness (QED) is 0.703. The Morgan fingerprint density at radius 1 is 1.25 bits per heavy atom. The Balaban J connectivity index is 1.99. The molecule has 0 saturated carbocycles. The lowest BCUT2D eigenvalue weighted by Crippen LogP contribution is -2.20. The Labute approximate surface area is 113 Å². The standard InChI is InChI=1S/C14H11FN4O/c15-10-4-2-1-3-8(10)11-5-13-17-12-7-16-6-9(12)14(20)19(13)18-11/h1-5,16,18H,6-7H2. The molecule has 6 heteroatoms. The van der Waals surface area contributed by atoms with Crippen LogP contribution in [0.4, 0.5) is 4.39 Å². The molecule has 0 fully saturated rings. The Hall–Kier alpha value is -2.47. The average molecular weight is 270 g/mol. The Kier molecular flexibility index (Phi) is 2.28. The fourth-order valence-electron chi connectivity index (χ4n) is 2.55. The lowest BCUT2D eigenvalue weighted by Gasteiger charge is -1.99. The number of aromatic amines is 1. The summed E-state index contributed by atoms with van der Waals surface area (Å²) in [7, 11) is 0. The van der Waals surface area contributed by atoms with Gasteiger partial charge in [0.1, 0.15) is 5.82 Å². The number of hydrogen-bond donors (Lipinski definition) is 2. The number of benzene rings is 1. The van der Waals surface area contributed by atoms with Gasteiger partial charge in [-0.25, -0.2) is 13.9 Å². The van der Waals surface area contributed by atoms with E-state index in [0.29, 0.717) is 35.6 Å². The molecule has 0 bridgehead atoms. The first kappa shape index (κ1) is 11.4. The molecule has 2 N–H and O–H groups in total. The molecule has 3 heterocycles. The zero-order valence-electron chi connectivity index (χ0n) is 10.5. The summed E-state index contributed by atoms with van der Waals surface area (Å²) in [5, 5.41) is 6.02. The van der Waals surface area contributed by atoms with E-state index >= 15 is 0 Å². The van der Waals surface area contributed by atoms with Crippen LogP contribution in [0.1, 0.15) is 11.3 Å². The van der Waals surface area contributed by atoms with E-state index in [1.54, 1.807) is 24.3 Å². The van der Waals surface area contributed by atoms with Gasteiger partial charge in [-0.3, -0.25) is 9.89 Å². The number of aromatic nitrogens is 3. The van der Waals surface area contributed by atoms with Gasteiger partial charge in [0, 0.05) is 24.7 Å². The van der Waals surface area contributed by atoms with Crippen molar-refractivity contribution >= 4 is 5.65 Å². The lowest BCUT2D eigenvalue weighted by molar-refractivity contribution is 0.630. The first-order chi connectivity index (χ1) is 9.74. The number of rotatable bonds is 1. The molecule has 100 valence electrons. The molecule has 0 saturated heterocycles. The van der Waals surface area contributed by atoms with Gasteiger partial charge in [-0.05, 0) is 12.1 Å². The van der Waals surface area contributed by atoms with Crippen LogP contribution in [0.5, 0.6) is 0 Å². The highest BCUT2D eigenvalue weighted by Crippen LogP contribution is 2.22. The van der Waals surface area contributed by atoms with E-state index in [-0.39, 0.29) is 11.4 Å². The molecule has 1 aliphatic heterocycles. The summed E-state index contributed by atoms with van der Waals surface area (Å²) < 4.78 is 15.2. The molecule has 0 amide bonds. The highest BCUT2D eigenvalue weighted by atomic mass is 19.1. The molecule has 1 aromatic carbocycles. The second-order valence-corrected chi connectivity index (χ2v) is 4.79. The lowest BCUT2D eigenvalue weighted by atomic mass is 10.1. The van der Waals surface area contributed by atoms with E-state index in [1.807, 2.05) is 0 Å². The van der Waals surface area contributed by atoms with Gasteiger partial charge in [0.05, 0.1) is 17.0 Å². The van der Waals surface area contributed by atoms with E-state index in [9.17, 15) is 9.18 Å². The van der Waals surface area contributed by atoms with Gasteiger partial charge >= 0.3 is 0 Å². The summed E-state index contributed by atoms with van der Waals surface area (Å²) in [6.07, 6.45) is 0. The van der Waals surface area contributed by atoms with Crippen molar-refractivity contribution in [3.05, 3.63) is 57.8 Å². The van der Waals surface area contributed by atoms with Crippen LogP contribution in [-0.2, 0) is 13.1 Å². The summed E-state index contributed by atoms with van der Waals surface area (Å²) in [5.74, 6) is -0.332. The predicted octanol–water partition coefficient (Wildman–Crippen LogP) is 1.43. The van der Waals surface area contributed by atoms with Crippen molar-refractivity contribution in [3.63, 3.8) is 0 Å². The van der Waals surface area contributed by atoms with Gasteiger partial charge < -0.3 is 5.32 Å². The number of nitrogens with one attached hydrogen (secondary N) is 2. The molecule has 0 atom stereocenters. The fraction of sp³-hybridized carbons (Fsp3) is 0.143. The van der Waals surface area contributed by atoms with Crippen molar-refractivity contribution in [1.82, 2.24) is 19.9 Å². The van der Waals surface area contributed by atoms with Gasteiger partial charge in [0.25, 0.3) is 5.56 Å². The SMILES string of the molecule is O=c1c2c(nc3cc(-c4ccccc4F)[nH]n13)CNC2. The zero-order valence-corrected chi connectivity index (χ0v) is 10.5. The smallest absolute Gasteiger partial charge is 0.277 e. The number of halogens is 1. The third-order valence-electron chi connectivity index (χ3n) is 3.55. The van der Waals surface area contributed by atoms with Gasteiger partial charge in [0.2, 0.25) is 0 Å². The zero-order chi connectivity index (χ0) is 13.7. The van der Waals surface area contributed by atoms with Gasteiger partial charge in [-0.15, -0.1) is 0 Å². The molecule has 5 nitrogen and oxygen atoms in total. The van der Waals surface area contributed by atoms with Crippen molar-refractivity contribution in [1.29, 1.82) is 0 Å². The molecular formula is C14H11FN4O. The molecule has 0 unspecified atom stereocenters. The first-order valence-corrected chi connectivity index (χ1v) is 6.33. The van der Waals surface area contributed by atoms with E-state index < -0.39 is 0 Å². The number of nitrogens with zero attached hydrogens (tertiary/aromatic N) is 2. The van der Waals surface area contributed by atoms with Crippen LogP contribution in [0.15, 0.2) is 35.1 Å². The molecule has 0 radical (unpaired) electrons. The largest absolute Gasteiger partial charge is 0.307 e. The van der Waals surface area contributed by atoms with E-state index in [1.165, 1.54) is 10.6 Å². The van der Waals surface area contributed by atoms with Gasteiger partial charge in [-0.2, -0.15) is 0 Å². The van der Waals surface area contributed by atoms with Crippen LogP contribution in [0.25, 0.3) is 16.9 Å². The van der Waals surface area contributed by atoms with E-state index in [2.05, 4.69) is 15.4 Å². The van der Waals surface area contributed by atoms with Crippen LogP contribution < -0.4 is 10.9 Å². The third kappa shape index (κ3) is 1.51. The second kappa shape index (κ2) is 4.01. The normalized spacial score (nSPS) is 13.8. The van der Waals surface area contributed by atoms with E-state index in [0.717, 1.165) is 5.69 Å². The maximum Gasteiger partial charge on any atom is 0.277 e. The Morgan fingerprint density at radius 3 is 2.95 bits per heavy atom. The van der Waals surface area contributed by atoms with Crippen molar-refractivity contribution < 1.29 is 4.39 Å². The van der Waals surface area contributed by atoms with Crippen molar-refractivity contribution in [2.45, 2.75) is 13.1 Å². The molecule has 1 aliphatic rings. The minimum absolute atomic E-state index is 0.127. The first-order valence-electron chi connectivity index (χ1n) is 6.33. The van der Waals surface area contributed by atoms with Crippen LogP contribution in [-0.4, -0.2) is 14.6 Å². The van der Waals surface area contributed by atoms with Crippen LogP contribution in [0, 0.1) is 5.82 Å². The molecule has 0 spiro atoms. The van der Waals surface area contributed by atoms with Gasteiger partial charge in [0.15, 0.2) is 5.65 Å². The monoisotopic (exact) mass is 270 g/mol. The minimum Gasteiger partial charge on any atom is -0.307 e. The van der Waals surface area contributed by atoms with Crippen molar-refractivity contribution in [2.24, 2.45) is 0 Å². The van der Waals surface area contributed by atoms with Crippen molar-refractivity contribution in [2.75, 3.05) is 0 Å². The molecule has 3 aromatic rings. The summed E-state index contributed by atoms with van der Waals surface area (Å²) >= 11 is 0. The molecular weight excluding hydrogens is 259 g/mol. The Bertz CT molecular complexity index is 881. The molecule has 0 aliphatic carbocycles. The fourth-order valence-corrected chi connectivity index (χ4v) is 2.55. The molecule has 20 heavy (non-hydrogen) atoms. The highest BCUT2D eigenvalue weighted by Gasteiger charge is 2.19. The summed E-state index contributed by atoms with van der Waals surface area (Å²) in [5.41, 5.74) is 2.80. The Morgan fingerprint density at radius 2 is 2.10 bits per heavy atom. The van der Waals surface area contributed by atoms with Crippen LogP contribution >= 0.6 is 0 Å². The maximum absolute atomic E-state index is 13.8. The van der Waals surface area contributed by atoms with Crippen molar-refractivity contribution in [3.8, 4) is 11.3 Å². The molecule has 4 rings (SSSR count). The van der Waals surface area contributed by atoms with Gasteiger partial charge in [-0.1, -0.05) is 12.1 Å². The summed E-state index contributed by atoms with van der Waals surface area (Å²) in [4.78, 5) is 16.7. The highest BCUT2D eigenvalue weighted by molar-refractivity contribution is 5.64.